The van der Waals surface area contributed by atoms with Crippen LogP contribution < -0.4 is 11.1 Å². The normalized spacial score (nSPS) is 12.8. The van der Waals surface area contributed by atoms with Crippen molar-refractivity contribution in [1.29, 1.82) is 0 Å². The molecule has 14 heavy (non-hydrogen) atoms. The fourth-order valence-electron chi connectivity index (χ4n) is 1.24. The van der Waals surface area contributed by atoms with Gasteiger partial charge in [0.05, 0.1) is 18.0 Å². The van der Waals surface area contributed by atoms with Gasteiger partial charge in [-0.3, -0.25) is 0 Å². The molecule has 1 aromatic heterocycles. The van der Waals surface area contributed by atoms with Crippen molar-refractivity contribution in [3.05, 3.63) is 6.20 Å². The second-order valence-corrected chi connectivity index (χ2v) is 3.34. The lowest BCUT2D eigenvalue weighted by atomic mass is 10.3. The van der Waals surface area contributed by atoms with Crippen molar-refractivity contribution in [1.82, 2.24) is 9.78 Å². The largest absolute Gasteiger partial charge is 0.394 e. The molecule has 5 heteroatoms. The van der Waals surface area contributed by atoms with E-state index in [4.69, 9.17) is 10.8 Å². The average Bonchev–Trinajstić information content (AvgIpc) is 2.46. The summed E-state index contributed by atoms with van der Waals surface area (Å²) in [6.07, 6.45) is 1.99. The first-order valence-corrected chi connectivity index (χ1v) is 4.88. The Morgan fingerprint density at radius 3 is 3.00 bits per heavy atom. The van der Waals surface area contributed by atoms with Crippen LogP contribution in [0.25, 0.3) is 0 Å². The number of aryl methyl sites for hydroxylation is 1. The van der Waals surface area contributed by atoms with Crippen molar-refractivity contribution in [2.45, 2.75) is 32.9 Å². The molecule has 0 fully saturated rings. The number of rotatable bonds is 5. The first-order valence-electron chi connectivity index (χ1n) is 4.88. The molecular formula is C9H18N4O. The third-order valence-corrected chi connectivity index (χ3v) is 1.97. The Labute approximate surface area is 83.9 Å². The van der Waals surface area contributed by atoms with Crippen LogP contribution in [0.2, 0.25) is 0 Å². The molecular weight excluding hydrogens is 180 g/mol. The van der Waals surface area contributed by atoms with Crippen LogP contribution in [0, 0.1) is 0 Å². The van der Waals surface area contributed by atoms with E-state index >= 15 is 0 Å². The number of aromatic nitrogens is 2. The molecule has 0 amide bonds. The summed E-state index contributed by atoms with van der Waals surface area (Å²) in [5, 5.41) is 16.4. The zero-order valence-corrected chi connectivity index (χ0v) is 8.70. The van der Waals surface area contributed by atoms with Gasteiger partial charge in [-0.1, -0.05) is 0 Å². The van der Waals surface area contributed by atoms with Gasteiger partial charge in [-0.25, -0.2) is 4.68 Å². The SMILES string of the molecule is CCNc1c(N)cnn1CCC(C)O. The fraction of sp³-hybridized carbons (Fsp3) is 0.667. The first kappa shape index (κ1) is 10.8. The smallest absolute Gasteiger partial charge is 0.147 e. The van der Waals surface area contributed by atoms with E-state index in [1.807, 2.05) is 6.92 Å². The zero-order chi connectivity index (χ0) is 10.6. The predicted octanol–water partition coefficient (Wildman–Crippen LogP) is 0.668. The highest BCUT2D eigenvalue weighted by Crippen LogP contribution is 2.17. The lowest BCUT2D eigenvalue weighted by Crippen LogP contribution is -2.12. The number of hydrogen-bond donors (Lipinski definition) is 3. The summed E-state index contributed by atoms with van der Waals surface area (Å²) in [5.74, 6) is 0.841. The van der Waals surface area contributed by atoms with Gasteiger partial charge in [0.25, 0.3) is 0 Å². The molecule has 0 aliphatic heterocycles. The van der Waals surface area contributed by atoms with Gasteiger partial charge in [0.1, 0.15) is 5.82 Å². The average molecular weight is 198 g/mol. The molecule has 1 heterocycles. The summed E-state index contributed by atoms with van der Waals surface area (Å²) >= 11 is 0. The minimum absolute atomic E-state index is 0.310. The molecule has 0 bridgehead atoms. The van der Waals surface area contributed by atoms with Gasteiger partial charge in [-0.2, -0.15) is 5.10 Å². The number of anilines is 2. The van der Waals surface area contributed by atoms with Crippen LogP contribution in [0.5, 0.6) is 0 Å². The number of nitrogens with zero attached hydrogens (tertiary/aromatic N) is 2. The summed E-state index contributed by atoms with van der Waals surface area (Å²) < 4.78 is 1.78. The van der Waals surface area contributed by atoms with Crippen LogP contribution in [0.4, 0.5) is 11.5 Å². The van der Waals surface area contributed by atoms with E-state index in [0.29, 0.717) is 18.7 Å². The minimum atomic E-state index is -0.310. The molecule has 0 aliphatic rings. The third kappa shape index (κ3) is 2.63. The highest BCUT2D eigenvalue weighted by Gasteiger charge is 2.07. The van der Waals surface area contributed by atoms with Gasteiger partial charge in [0.2, 0.25) is 0 Å². The van der Waals surface area contributed by atoms with Crippen molar-refractivity contribution in [2.75, 3.05) is 17.6 Å². The lowest BCUT2D eigenvalue weighted by molar-refractivity contribution is 0.176. The van der Waals surface area contributed by atoms with Gasteiger partial charge < -0.3 is 16.2 Å². The summed E-state index contributed by atoms with van der Waals surface area (Å²) in [4.78, 5) is 0. The van der Waals surface area contributed by atoms with E-state index in [2.05, 4.69) is 10.4 Å². The lowest BCUT2D eigenvalue weighted by Gasteiger charge is -2.10. The van der Waals surface area contributed by atoms with Crippen molar-refractivity contribution >= 4 is 11.5 Å². The topological polar surface area (TPSA) is 76.1 Å². The quantitative estimate of drug-likeness (QED) is 0.650. The molecule has 0 radical (unpaired) electrons. The zero-order valence-electron chi connectivity index (χ0n) is 8.70. The number of hydrogen-bond acceptors (Lipinski definition) is 4. The van der Waals surface area contributed by atoms with Crippen molar-refractivity contribution in [3.63, 3.8) is 0 Å². The van der Waals surface area contributed by atoms with Gasteiger partial charge in [-0.05, 0) is 20.3 Å². The van der Waals surface area contributed by atoms with E-state index in [9.17, 15) is 0 Å². The van der Waals surface area contributed by atoms with Crippen LogP contribution >= 0.6 is 0 Å². The molecule has 0 saturated carbocycles. The monoisotopic (exact) mass is 198 g/mol. The third-order valence-electron chi connectivity index (χ3n) is 1.97. The molecule has 1 atom stereocenters. The van der Waals surface area contributed by atoms with E-state index < -0.39 is 0 Å². The Hall–Kier alpha value is -1.23. The number of nitrogens with two attached hydrogens (primary N) is 1. The number of aliphatic hydroxyl groups excluding tert-OH is 1. The van der Waals surface area contributed by atoms with Crippen LogP contribution in [0.15, 0.2) is 6.20 Å². The van der Waals surface area contributed by atoms with Gasteiger partial charge in [-0.15, -0.1) is 0 Å². The minimum Gasteiger partial charge on any atom is -0.394 e. The van der Waals surface area contributed by atoms with E-state index in [-0.39, 0.29) is 6.10 Å². The molecule has 0 aromatic carbocycles. The van der Waals surface area contributed by atoms with Crippen LogP contribution in [-0.4, -0.2) is 27.5 Å². The van der Waals surface area contributed by atoms with Crippen molar-refractivity contribution < 1.29 is 5.11 Å². The molecule has 0 spiro atoms. The maximum absolute atomic E-state index is 9.15. The molecule has 1 aromatic rings. The van der Waals surface area contributed by atoms with Gasteiger partial charge in [0.15, 0.2) is 0 Å². The maximum Gasteiger partial charge on any atom is 0.147 e. The summed E-state index contributed by atoms with van der Waals surface area (Å²) in [7, 11) is 0. The fourth-order valence-corrected chi connectivity index (χ4v) is 1.24. The van der Waals surface area contributed by atoms with Gasteiger partial charge in [0, 0.05) is 13.1 Å². The molecule has 1 unspecified atom stereocenters. The van der Waals surface area contributed by atoms with Crippen molar-refractivity contribution in [2.24, 2.45) is 0 Å². The highest BCUT2D eigenvalue weighted by molar-refractivity contribution is 5.60. The predicted molar refractivity (Wildman–Crippen MR) is 57.1 cm³/mol. The van der Waals surface area contributed by atoms with E-state index in [1.54, 1.807) is 17.8 Å². The standard InChI is InChI=1S/C9H18N4O/c1-3-11-9-8(10)6-12-13(9)5-4-7(2)14/h6-7,11,14H,3-5,10H2,1-2H3. The van der Waals surface area contributed by atoms with Crippen LogP contribution in [-0.2, 0) is 6.54 Å². The maximum atomic E-state index is 9.15. The summed E-state index contributed by atoms with van der Waals surface area (Å²) in [6, 6.07) is 0. The molecule has 0 saturated heterocycles. The Bertz CT molecular complexity index is 282. The molecule has 0 aliphatic carbocycles. The molecule has 1 rings (SSSR count). The van der Waals surface area contributed by atoms with Gasteiger partial charge >= 0.3 is 0 Å². The van der Waals surface area contributed by atoms with Crippen LogP contribution in [0.1, 0.15) is 20.3 Å². The summed E-state index contributed by atoms with van der Waals surface area (Å²) in [5.41, 5.74) is 6.38. The Morgan fingerprint density at radius 1 is 1.71 bits per heavy atom. The van der Waals surface area contributed by atoms with E-state index in [0.717, 1.165) is 12.4 Å². The Balaban J connectivity index is 2.65. The van der Waals surface area contributed by atoms with E-state index in [1.165, 1.54) is 0 Å². The van der Waals surface area contributed by atoms with Crippen molar-refractivity contribution in [3.8, 4) is 0 Å². The second-order valence-electron chi connectivity index (χ2n) is 3.34. The highest BCUT2D eigenvalue weighted by atomic mass is 16.3. The second kappa shape index (κ2) is 4.85. The number of nitrogen functional groups attached to an aromatic ring is 1. The Morgan fingerprint density at radius 2 is 2.43 bits per heavy atom. The van der Waals surface area contributed by atoms with Crippen LogP contribution in [0.3, 0.4) is 0 Å². The number of aliphatic hydroxyl groups is 1. The molecule has 5 nitrogen and oxygen atoms in total. The molecule has 80 valence electrons. The Kier molecular flexibility index (Phi) is 3.76. The molecule has 4 N–H and O–H groups in total. The first-order chi connectivity index (χ1) is 6.65. The summed E-state index contributed by atoms with van der Waals surface area (Å²) in [6.45, 7) is 5.26. The number of nitrogens with one attached hydrogen (secondary N) is 1.